The minimum atomic E-state index is -0.131. The highest BCUT2D eigenvalue weighted by Crippen LogP contribution is 2.18. The summed E-state index contributed by atoms with van der Waals surface area (Å²) in [6.45, 7) is 9.57. The Labute approximate surface area is 177 Å². The lowest BCUT2D eigenvalue weighted by molar-refractivity contribution is 0.0950. The lowest BCUT2D eigenvalue weighted by Crippen LogP contribution is -2.26. The Hall–Kier alpha value is -2.63. The van der Waals surface area contributed by atoms with Crippen LogP contribution >= 0.6 is 11.6 Å². The Morgan fingerprint density at radius 2 is 1.83 bits per heavy atom. The molecule has 6 heteroatoms. The molecule has 0 aliphatic rings. The molecule has 152 valence electrons. The van der Waals surface area contributed by atoms with Crippen LogP contribution in [-0.2, 0) is 13.1 Å². The molecule has 29 heavy (non-hydrogen) atoms. The molecule has 0 fully saturated rings. The topological polar surface area (TPSA) is 50.2 Å². The molecule has 0 spiro atoms. The molecule has 1 aromatic heterocycles. The van der Waals surface area contributed by atoms with Crippen LogP contribution in [0.3, 0.4) is 0 Å². The van der Waals surface area contributed by atoms with Crippen LogP contribution < -0.4 is 5.32 Å². The van der Waals surface area contributed by atoms with E-state index in [0.29, 0.717) is 17.1 Å². The molecule has 0 unspecified atom stereocenters. The van der Waals surface area contributed by atoms with Crippen LogP contribution in [-0.4, -0.2) is 33.7 Å². The van der Waals surface area contributed by atoms with Gasteiger partial charge in [0.2, 0.25) is 0 Å². The van der Waals surface area contributed by atoms with E-state index in [2.05, 4.69) is 41.3 Å². The first-order valence-electron chi connectivity index (χ1n) is 9.91. The van der Waals surface area contributed by atoms with Crippen molar-refractivity contribution < 1.29 is 4.79 Å². The zero-order valence-electron chi connectivity index (χ0n) is 17.2. The maximum Gasteiger partial charge on any atom is 0.255 e. The minimum Gasteiger partial charge on any atom is -0.348 e. The molecule has 1 heterocycles. The van der Waals surface area contributed by atoms with E-state index >= 15 is 0 Å². The fraction of sp³-hybridized carbons (Fsp3) is 0.304. The first-order chi connectivity index (χ1) is 14.0. The van der Waals surface area contributed by atoms with Gasteiger partial charge < -0.3 is 5.32 Å². The number of rotatable bonds is 8. The molecule has 1 N–H and O–H groups in total. The second-order valence-corrected chi connectivity index (χ2v) is 7.38. The number of carbonyl (C=O) groups excluding carboxylic acids is 1. The molecule has 0 saturated heterocycles. The van der Waals surface area contributed by atoms with Gasteiger partial charge in [-0.25, -0.2) is 4.68 Å². The third-order valence-electron chi connectivity index (χ3n) is 5.15. The molecule has 0 bridgehead atoms. The van der Waals surface area contributed by atoms with E-state index in [4.69, 9.17) is 11.6 Å². The standard InChI is InChI=1S/C23H27ClN4O/c1-4-27(5-2)16-19-10-7-6-9-18(19)14-25-23(29)22-15-26-28(17(22)3)21-12-8-11-20(24)13-21/h6-13,15H,4-5,14,16H2,1-3H3,(H,25,29). The molecule has 5 nitrogen and oxygen atoms in total. The molecule has 1 amide bonds. The highest BCUT2D eigenvalue weighted by atomic mass is 35.5. The summed E-state index contributed by atoms with van der Waals surface area (Å²) in [5.74, 6) is -0.131. The molecule has 0 aliphatic heterocycles. The summed E-state index contributed by atoms with van der Waals surface area (Å²) in [6.07, 6.45) is 1.60. The number of hydrogen-bond donors (Lipinski definition) is 1. The molecule has 0 radical (unpaired) electrons. The highest BCUT2D eigenvalue weighted by molar-refractivity contribution is 6.30. The zero-order chi connectivity index (χ0) is 20.8. The van der Waals surface area contributed by atoms with Gasteiger partial charge in [-0.3, -0.25) is 9.69 Å². The first-order valence-corrected chi connectivity index (χ1v) is 10.3. The number of amides is 1. The lowest BCUT2D eigenvalue weighted by Gasteiger charge is -2.20. The molecule has 2 aromatic carbocycles. The number of benzene rings is 2. The molecule has 3 aromatic rings. The van der Waals surface area contributed by atoms with Crippen LogP contribution in [0.2, 0.25) is 5.02 Å². The fourth-order valence-corrected chi connectivity index (χ4v) is 3.53. The Balaban J connectivity index is 1.73. The van der Waals surface area contributed by atoms with Gasteiger partial charge in [-0.1, -0.05) is 55.8 Å². The third kappa shape index (κ3) is 5.05. The number of halogens is 1. The van der Waals surface area contributed by atoms with E-state index in [1.807, 2.05) is 43.3 Å². The predicted octanol–water partition coefficient (Wildman–Crippen LogP) is 4.61. The van der Waals surface area contributed by atoms with E-state index in [1.54, 1.807) is 10.9 Å². The van der Waals surface area contributed by atoms with Crippen molar-refractivity contribution in [2.45, 2.75) is 33.9 Å². The third-order valence-corrected chi connectivity index (χ3v) is 5.39. The number of hydrogen-bond acceptors (Lipinski definition) is 3. The second kappa shape index (κ2) is 9.72. The number of nitrogens with zero attached hydrogens (tertiary/aromatic N) is 3. The van der Waals surface area contributed by atoms with Crippen LogP contribution in [0, 0.1) is 6.92 Å². The molecule has 0 atom stereocenters. The zero-order valence-corrected chi connectivity index (χ0v) is 17.9. The summed E-state index contributed by atoms with van der Waals surface area (Å²) in [6, 6.07) is 15.7. The Bertz CT molecular complexity index is 979. The normalized spacial score (nSPS) is 11.1. The molecule has 0 saturated carbocycles. The van der Waals surface area contributed by atoms with Crippen molar-refractivity contribution in [1.82, 2.24) is 20.0 Å². The van der Waals surface area contributed by atoms with Crippen LogP contribution in [0.15, 0.2) is 54.7 Å². The first kappa shape index (κ1) is 21.1. The largest absolute Gasteiger partial charge is 0.348 e. The van der Waals surface area contributed by atoms with Crippen LogP contribution in [0.4, 0.5) is 0 Å². The average molecular weight is 411 g/mol. The Morgan fingerprint density at radius 3 is 2.52 bits per heavy atom. The Kier molecular flexibility index (Phi) is 7.07. The number of carbonyl (C=O) groups is 1. The molecular weight excluding hydrogens is 384 g/mol. The van der Waals surface area contributed by atoms with Gasteiger partial charge in [0, 0.05) is 18.1 Å². The van der Waals surface area contributed by atoms with E-state index in [-0.39, 0.29) is 5.91 Å². The van der Waals surface area contributed by atoms with Gasteiger partial charge in [0.05, 0.1) is 23.1 Å². The van der Waals surface area contributed by atoms with Crippen molar-refractivity contribution in [3.05, 3.63) is 82.1 Å². The maximum atomic E-state index is 12.8. The highest BCUT2D eigenvalue weighted by Gasteiger charge is 2.16. The van der Waals surface area contributed by atoms with Crippen LogP contribution in [0.25, 0.3) is 5.69 Å². The molecule has 0 aliphatic carbocycles. The fourth-order valence-electron chi connectivity index (χ4n) is 3.34. The van der Waals surface area contributed by atoms with Gasteiger partial charge in [-0.15, -0.1) is 0 Å². The summed E-state index contributed by atoms with van der Waals surface area (Å²) in [5.41, 5.74) is 4.54. The number of nitrogens with one attached hydrogen (secondary N) is 1. The van der Waals surface area contributed by atoms with Crippen LogP contribution in [0.1, 0.15) is 41.0 Å². The van der Waals surface area contributed by atoms with Crippen molar-refractivity contribution in [1.29, 1.82) is 0 Å². The van der Waals surface area contributed by atoms with Gasteiger partial charge >= 0.3 is 0 Å². The summed E-state index contributed by atoms with van der Waals surface area (Å²) in [5, 5.41) is 8.05. The van der Waals surface area contributed by atoms with Crippen molar-refractivity contribution in [2.75, 3.05) is 13.1 Å². The van der Waals surface area contributed by atoms with Crippen molar-refractivity contribution >= 4 is 17.5 Å². The number of aromatic nitrogens is 2. The van der Waals surface area contributed by atoms with Crippen LogP contribution in [0.5, 0.6) is 0 Å². The summed E-state index contributed by atoms with van der Waals surface area (Å²) < 4.78 is 1.73. The van der Waals surface area contributed by atoms with Gasteiger partial charge in [0.15, 0.2) is 0 Å². The quantitative estimate of drug-likeness (QED) is 0.590. The summed E-state index contributed by atoms with van der Waals surface area (Å²) >= 11 is 6.08. The van der Waals surface area contributed by atoms with Crippen molar-refractivity contribution in [2.24, 2.45) is 0 Å². The van der Waals surface area contributed by atoms with E-state index in [9.17, 15) is 4.79 Å². The van der Waals surface area contributed by atoms with Gasteiger partial charge in [0.1, 0.15) is 0 Å². The average Bonchev–Trinajstić information content (AvgIpc) is 3.12. The SMILES string of the molecule is CCN(CC)Cc1ccccc1CNC(=O)c1cnn(-c2cccc(Cl)c2)c1C. The monoisotopic (exact) mass is 410 g/mol. The summed E-state index contributed by atoms with van der Waals surface area (Å²) in [7, 11) is 0. The van der Waals surface area contributed by atoms with Crippen molar-refractivity contribution in [3.63, 3.8) is 0 Å². The Morgan fingerprint density at radius 1 is 1.10 bits per heavy atom. The van der Waals surface area contributed by atoms with E-state index in [0.717, 1.165) is 36.6 Å². The maximum absolute atomic E-state index is 12.8. The summed E-state index contributed by atoms with van der Waals surface area (Å²) in [4.78, 5) is 15.2. The van der Waals surface area contributed by atoms with Gasteiger partial charge in [-0.05, 0) is 49.3 Å². The predicted molar refractivity (Wildman–Crippen MR) is 118 cm³/mol. The molecule has 3 rings (SSSR count). The van der Waals surface area contributed by atoms with Gasteiger partial charge in [-0.2, -0.15) is 5.10 Å². The smallest absolute Gasteiger partial charge is 0.255 e. The second-order valence-electron chi connectivity index (χ2n) is 6.95. The lowest BCUT2D eigenvalue weighted by atomic mass is 10.1. The van der Waals surface area contributed by atoms with Gasteiger partial charge in [0.25, 0.3) is 5.91 Å². The van der Waals surface area contributed by atoms with Crippen molar-refractivity contribution in [3.8, 4) is 5.69 Å². The van der Waals surface area contributed by atoms with E-state index < -0.39 is 0 Å². The van der Waals surface area contributed by atoms with E-state index in [1.165, 1.54) is 5.56 Å². The minimum absolute atomic E-state index is 0.131. The molecular formula is C23H27ClN4O.